The van der Waals surface area contributed by atoms with Gasteiger partial charge in [0.1, 0.15) is 5.78 Å². The number of carbonyl (C=O) groups is 2. The molecule has 0 aromatic carbocycles. The zero-order valence-electron chi connectivity index (χ0n) is 7.89. The highest BCUT2D eigenvalue weighted by atomic mass is 16.2. The van der Waals surface area contributed by atoms with Crippen LogP contribution in [0.15, 0.2) is 0 Å². The SMILES string of the molecule is CCN(CC)C(=O)NCC(C)=O. The zero-order valence-corrected chi connectivity index (χ0v) is 7.89. The highest BCUT2D eigenvalue weighted by Gasteiger charge is 2.07. The minimum Gasteiger partial charge on any atom is -0.331 e. The second kappa shape index (κ2) is 5.57. The molecule has 4 heteroatoms. The summed E-state index contributed by atoms with van der Waals surface area (Å²) < 4.78 is 0. The van der Waals surface area contributed by atoms with Gasteiger partial charge in [-0.2, -0.15) is 0 Å². The molecule has 0 aromatic rings. The molecule has 0 saturated carbocycles. The van der Waals surface area contributed by atoms with Crippen LogP contribution in [-0.4, -0.2) is 36.3 Å². The van der Waals surface area contributed by atoms with Crippen LogP contribution < -0.4 is 5.32 Å². The average Bonchev–Trinajstić information content (AvgIpc) is 2.03. The van der Waals surface area contributed by atoms with Crippen molar-refractivity contribution in [1.29, 1.82) is 0 Å². The van der Waals surface area contributed by atoms with Gasteiger partial charge in [-0.25, -0.2) is 4.79 Å². The third-order valence-electron chi connectivity index (χ3n) is 1.54. The summed E-state index contributed by atoms with van der Waals surface area (Å²) in [6, 6.07) is -0.171. The summed E-state index contributed by atoms with van der Waals surface area (Å²) in [7, 11) is 0. The molecule has 2 amide bonds. The predicted molar refractivity (Wildman–Crippen MR) is 47.0 cm³/mol. The van der Waals surface area contributed by atoms with E-state index in [2.05, 4.69) is 5.32 Å². The monoisotopic (exact) mass is 172 g/mol. The average molecular weight is 172 g/mol. The standard InChI is InChI=1S/C8H16N2O2/c1-4-10(5-2)8(12)9-6-7(3)11/h4-6H2,1-3H3,(H,9,12). The van der Waals surface area contributed by atoms with Gasteiger partial charge in [0.15, 0.2) is 0 Å². The Labute approximate surface area is 72.9 Å². The predicted octanol–water partition coefficient (Wildman–Crippen LogP) is 0.627. The lowest BCUT2D eigenvalue weighted by Crippen LogP contribution is -2.41. The molecule has 0 heterocycles. The first kappa shape index (κ1) is 10.9. The Kier molecular flexibility index (Phi) is 5.08. The topological polar surface area (TPSA) is 49.4 Å². The van der Waals surface area contributed by atoms with E-state index in [9.17, 15) is 9.59 Å². The molecule has 0 spiro atoms. The van der Waals surface area contributed by atoms with Crippen LogP contribution in [0.5, 0.6) is 0 Å². The molecular formula is C8H16N2O2. The fraction of sp³-hybridized carbons (Fsp3) is 0.750. The van der Waals surface area contributed by atoms with Crippen LogP contribution in [0.2, 0.25) is 0 Å². The van der Waals surface area contributed by atoms with Crippen LogP contribution in [0.1, 0.15) is 20.8 Å². The largest absolute Gasteiger partial charge is 0.331 e. The Bertz CT molecular complexity index is 164. The van der Waals surface area contributed by atoms with Gasteiger partial charge < -0.3 is 10.2 Å². The first-order valence-corrected chi connectivity index (χ1v) is 4.14. The lowest BCUT2D eigenvalue weighted by molar-refractivity contribution is -0.116. The fourth-order valence-corrected chi connectivity index (χ4v) is 0.823. The summed E-state index contributed by atoms with van der Waals surface area (Å²) in [5.41, 5.74) is 0. The molecule has 0 unspecified atom stereocenters. The maximum absolute atomic E-state index is 11.2. The first-order chi connectivity index (χ1) is 5.61. The molecule has 0 bridgehead atoms. The number of nitrogens with one attached hydrogen (secondary N) is 1. The summed E-state index contributed by atoms with van der Waals surface area (Å²) >= 11 is 0. The number of rotatable bonds is 4. The molecule has 0 aliphatic carbocycles. The third-order valence-corrected chi connectivity index (χ3v) is 1.54. The smallest absolute Gasteiger partial charge is 0.317 e. The molecule has 0 rings (SSSR count). The number of nitrogens with zero attached hydrogens (tertiary/aromatic N) is 1. The van der Waals surface area contributed by atoms with Gasteiger partial charge >= 0.3 is 6.03 Å². The van der Waals surface area contributed by atoms with Crippen molar-refractivity contribution in [2.24, 2.45) is 0 Å². The van der Waals surface area contributed by atoms with Crippen LogP contribution in [0.4, 0.5) is 4.79 Å². The van der Waals surface area contributed by atoms with Crippen LogP contribution in [0.3, 0.4) is 0 Å². The van der Waals surface area contributed by atoms with Gasteiger partial charge in [-0.3, -0.25) is 4.79 Å². The first-order valence-electron chi connectivity index (χ1n) is 4.14. The van der Waals surface area contributed by atoms with E-state index >= 15 is 0 Å². The molecule has 0 aliphatic heterocycles. The summed E-state index contributed by atoms with van der Waals surface area (Å²) in [5.74, 6) is -0.0319. The number of hydrogen-bond donors (Lipinski definition) is 1. The number of urea groups is 1. The second-order valence-electron chi connectivity index (χ2n) is 2.53. The van der Waals surface area contributed by atoms with Crippen molar-refractivity contribution in [3.05, 3.63) is 0 Å². The van der Waals surface area contributed by atoms with Gasteiger partial charge in [-0.1, -0.05) is 0 Å². The summed E-state index contributed by atoms with van der Waals surface area (Å²) in [6.07, 6.45) is 0. The molecule has 70 valence electrons. The van der Waals surface area contributed by atoms with E-state index in [1.165, 1.54) is 6.92 Å². The van der Waals surface area contributed by atoms with E-state index in [1.807, 2.05) is 13.8 Å². The van der Waals surface area contributed by atoms with Crippen LogP contribution in [0.25, 0.3) is 0 Å². The maximum Gasteiger partial charge on any atom is 0.317 e. The van der Waals surface area contributed by atoms with Crippen molar-refractivity contribution in [1.82, 2.24) is 10.2 Å². The van der Waals surface area contributed by atoms with Gasteiger partial charge in [-0.15, -0.1) is 0 Å². The van der Waals surface area contributed by atoms with Crippen LogP contribution in [-0.2, 0) is 4.79 Å². The Morgan fingerprint density at radius 3 is 2.08 bits per heavy atom. The second-order valence-corrected chi connectivity index (χ2v) is 2.53. The third kappa shape index (κ3) is 3.95. The molecule has 0 aromatic heterocycles. The number of amides is 2. The van der Waals surface area contributed by atoms with E-state index in [0.717, 1.165) is 0 Å². The Hall–Kier alpha value is -1.06. The zero-order chi connectivity index (χ0) is 9.56. The van der Waals surface area contributed by atoms with Crippen LogP contribution in [0, 0.1) is 0 Å². The van der Waals surface area contributed by atoms with Crippen molar-refractivity contribution in [3.63, 3.8) is 0 Å². The summed E-state index contributed by atoms with van der Waals surface area (Å²) in [4.78, 5) is 23.3. The molecule has 12 heavy (non-hydrogen) atoms. The van der Waals surface area contributed by atoms with Gasteiger partial charge in [0.2, 0.25) is 0 Å². The number of Topliss-reactive ketones (excluding diaryl/α,β-unsaturated/α-hetero) is 1. The van der Waals surface area contributed by atoms with Crippen molar-refractivity contribution in [3.8, 4) is 0 Å². The van der Waals surface area contributed by atoms with E-state index in [1.54, 1.807) is 4.90 Å². The van der Waals surface area contributed by atoms with E-state index in [-0.39, 0.29) is 18.4 Å². The number of ketones is 1. The van der Waals surface area contributed by atoms with Gasteiger partial charge in [0.25, 0.3) is 0 Å². The van der Waals surface area contributed by atoms with E-state index < -0.39 is 0 Å². The molecule has 0 atom stereocenters. The quantitative estimate of drug-likeness (QED) is 0.676. The molecule has 0 aliphatic rings. The van der Waals surface area contributed by atoms with Gasteiger partial charge in [0.05, 0.1) is 6.54 Å². The van der Waals surface area contributed by atoms with Gasteiger partial charge in [-0.05, 0) is 20.8 Å². The lowest BCUT2D eigenvalue weighted by Gasteiger charge is -2.18. The fourth-order valence-electron chi connectivity index (χ4n) is 0.823. The van der Waals surface area contributed by atoms with Crippen molar-refractivity contribution >= 4 is 11.8 Å². The van der Waals surface area contributed by atoms with Crippen molar-refractivity contribution in [2.75, 3.05) is 19.6 Å². The minimum atomic E-state index is -0.171. The lowest BCUT2D eigenvalue weighted by atomic mass is 10.4. The molecule has 0 radical (unpaired) electrons. The normalized spacial score (nSPS) is 9.25. The van der Waals surface area contributed by atoms with Crippen molar-refractivity contribution < 1.29 is 9.59 Å². The molecule has 1 N–H and O–H groups in total. The Morgan fingerprint density at radius 1 is 1.25 bits per heavy atom. The maximum atomic E-state index is 11.2. The molecule has 0 saturated heterocycles. The van der Waals surface area contributed by atoms with Crippen molar-refractivity contribution in [2.45, 2.75) is 20.8 Å². The molecule has 0 fully saturated rings. The van der Waals surface area contributed by atoms with Crippen LogP contribution >= 0.6 is 0 Å². The Morgan fingerprint density at radius 2 is 1.75 bits per heavy atom. The van der Waals surface area contributed by atoms with E-state index in [4.69, 9.17) is 0 Å². The molecular weight excluding hydrogens is 156 g/mol. The highest BCUT2D eigenvalue weighted by molar-refractivity contribution is 5.83. The Balaban J connectivity index is 3.77. The number of hydrogen-bond acceptors (Lipinski definition) is 2. The van der Waals surface area contributed by atoms with Gasteiger partial charge in [0, 0.05) is 13.1 Å². The molecule has 4 nitrogen and oxygen atoms in total. The highest BCUT2D eigenvalue weighted by Crippen LogP contribution is 1.86. The summed E-state index contributed by atoms with van der Waals surface area (Å²) in [5, 5.41) is 2.52. The minimum absolute atomic E-state index is 0.0319. The van der Waals surface area contributed by atoms with E-state index in [0.29, 0.717) is 13.1 Å². The summed E-state index contributed by atoms with van der Waals surface area (Å²) in [6.45, 7) is 6.70. The number of carbonyl (C=O) groups excluding carboxylic acids is 2.